The number of aromatic hydroxyl groups is 1. The SMILES string of the molecule is COc1cc(C(=O)c2cc(-c3nccs3)cnc2NC(C)=O)cc(O)c1OC. The third kappa shape index (κ3) is 3.79. The molecule has 28 heavy (non-hydrogen) atoms. The summed E-state index contributed by atoms with van der Waals surface area (Å²) in [6.07, 6.45) is 3.18. The van der Waals surface area contributed by atoms with Gasteiger partial charge in [0.25, 0.3) is 0 Å². The summed E-state index contributed by atoms with van der Waals surface area (Å²) < 4.78 is 10.3. The summed E-state index contributed by atoms with van der Waals surface area (Å²) in [4.78, 5) is 33.1. The normalized spacial score (nSPS) is 10.4. The molecular formula is C19H17N3O5S. The minimum atomic E-state index is -0.453. The summed E-state index contributed by atoms with van der Waals surface area (Å²) in [5, 5.41) is 15.2. The molecular weight excluding hydrogens is 382 g/mol. The molecule has 3 rings (SSSR count). The number of nitrogens with zero attached hydrogens (tertiary/aromatic N) is 2. The summed E-state index contributed by atoms with van der Waals surface area (Å²) >= 11 is 1.40. The lowest BCUT2D eigenvalue weighted by Crippen LogP contribution is -2.13. The number of hydrogen-bond donors (Lipinski definition) is 2. The second-order valence-electron chi connectivity index (χ2n) is 5.70. The van der Waals surface area contributed by atoms with E-state index in [0.717, 1.165) is 0 Å². The van der Waals surface area contributed by atoms with Crippen LogP contribution < -0.4 is 14.8 Å². The van der Waals surface area contributed by atoms with E-state index < -0.39 is 5.78 Å². The quantitative estimate of drug-likeness (QED) is 0.613. The first-order chi connectivity index (χ1) is 13.4. The molecule has 0 bridgehead atoms. The average molecular weight is 399 g/mol. The molecule has 0 saturated heterocycles. The molecule has 0 unspecified atom stereocenters. The minimum absolute atomic E-state index is 0.118. The van der Waals surface area contributed by atoms with Crippen LogP contribution in [0.3, 0.4) is 0 Å². The van der Waals surface area contributed by atoms with Gasteiger partial charge in [0.2, 0.25) is 11.7 Å². The number of carbonyl (C=O) groups excluding carboxylic acids is 2. The van der Waals surface area contributed by atoms with Crippen molar-refractivity contribution in [2.75, 3.05) is 19.5 Å². The maximum absolute atomic E-state index is 13.2. The monoisotopic (exact) mass is 399 g/mol. The molecule has 1 amide bonds. The van der Waals surface area contributed by atoms with Gasteiger partial charge in [-0.15, -0.1) is 11.3 Å². The largest absolute Gasteiger partial charge is 0.504 e. The van der Waals surface area contributed by atoms with Crippen LogP contribution in [0, 0.1) is 0 Å². The summed E-state index contributed by atoms with van der Waals surface area (Å²) in [5.74, 6) is -0.612. The van der Waals surface area contributed by atoms with Crippen LogP contribution in [0.5, 0.6) is 17.2 Å². The number of nitrogens with one attached hydrogen (secondary N) is 1. The van der Waals surface area contributed by atoms with Crippen LogP contribution in [0.4, 0.5) is 5.82 Å². The molecule has 144 valence electrons. The van der Waals surface area contributed by atoms with E-state index in [1.165, 1.54) is 50.8 Å². The van der Waals surface area contributed by atoms with E-state index in [1.54, 1.807) is 12.3 Å². The van der Waals surface area contributed by atoms with Crippen LogP contribution >= 0.6 is 11.3 Å². The van der Waals surface area contributed by atoms with Crippen molar-refractivity contribution in [3.05, 3.63) is 47.1 Å². The van der Waals surface area contributed by atoms with Crippen LogP contribution in [0.25, 0.3) is 10.6 Å². The Bertz CT molecular complexity index is 1030. The highest BCUT2D eigenvalue weighted by Crippen LogP contribution is 2.38. The summed E-state index contributed by atoms with van der Waals surface area (Å²) in [6.45, 7) is 1.33. The Morgan fingerprint density at radius 2 is 1.93 bits per heavy atom. The van der Waals surface area contributed by atoms with Gasteiger partial charge in [-0.1, -0.05) is 0 Å². The number of methoxy groups -OCH3 is 2. The highest BCUT2D eigenvalue weighted by atomic mass is 32.1. The number of hydrogen-bond acceptors (Lipinski definition) is 8. The Kier molecular flexibility index (Phi) is 5.55. The van der Waals surface area contributed by atoms with Gasteiger partial charge in [0.05, 0.1) is 19.8 Å². The molecule has 2 N–H and O–H groups in total. The Morgan fingerprint density at radius 3 is 2.54 bits per heavy atom. The molecule has 0 atom stereocenters. The van der Waals surface area contributed by atoms with E-state index in [4.69, 9.17) is 9.47 Å². The minimum Gasteiger partial charge on any atom is -0.504 e. The fourth-order valence-corrected chi connectivity index (χ4v) is 3.24. The molecule has 0 spiro atoms. The Balaban J connectivity index is 2.12. The predicted molar refractivity (Wildman–Crippen MR) is 104 cm³/mol. The van der Waals surface area contributed by atoms with Gasteiger partial charge < -0.3 is 19.9 Å². The number of carbonyl (C=O) groups is 2. The van der Waals surface area contributed by atoms with Gasteiger partial charge in [-0.05, 0) is 18.2 Å². The van der Waals surface area contributed by atoms with E-state index in [9.17, 15) is 14.7 Å². The number of aromatic nitrogens is 2. The van der Waals surface area contributed by atoms with Crippen molar-refractivity contribution in [2.24, 2.45) is 0 Å². The third-order valence-electron chi connectivity index (χ3n) is 3.83. The zero-order valence-electron chi connectivity index (χ0n) is 15.3. The summed E-state index contributed by atoms with van der Waals surface area (Å²) in [6, 6.07) is 4.33. The molecule has 8 nitrogen and oxygen atoms in total. The lowest BCUT2D eigenvalue weighted by molar-refractivity contribution is -0.114. The second-order valence-corrected chi connectivity index (χ2v) is 6.59. The van der Waals surface area contributed by atoms with E-state index >= 15 is 0 Å². The molecule has 0 aliphatic rings. The van der Waals surface area contributed by atoms with Crippen molar-refractivity contribution in [1.82, 2.24) is 9.97 Å². The van der Waals surface area contributed by atoms with Gasteiger partial charge in [0.15, 0.2) is 17.3 Å². The summed E-state index contributed by atoms with van der Waals surface area (Å²) in [7, 11) is 2.79. The number of phenolic OH excluding ortho intramolecular Hbond substituents is 1. The van der Waals surface area contributed by atoms with E-state index in [2.05, 4.69) is 15.3 Å². The topological polar surface area (TPSA) is 111 Å². The molecule has 0 radical (unpaired) electrons. The number of pyridine rings is 1. The number of phenols is 1. The zero-order valence-corrected chi connectivity index (χ0v) is 16.2. The van der Waals surface area contributed by atoms with Gasteiger partial charge in [0.1, 0.15) is 10.8 Å². The third-order valence-corrected chi connectivity index (χ3v) is 4.65. The Hall–Kier alpha value is -3.46. The molecule has 2 aromatic heterocycles. The van der Waals surface area contributed by atoms with Gasteiger partial charge in [-0.2, -0.15) is 0 Å². The first kappa shape index (κ1) is 19.3. The van der Waals surface area contributed by atoms with Gasteiger partial charge >= 0.3 is 0 Å². The predicted octanol–water partition coefficient (Wildman–Crippen LogP) is 3.12. The van der Waals surface area contributed by atoms with Crippen molar-refractivity contribution in [1.29, 1.82) is 0 Å². The number of amides is 1. The average Bonchev–Trinajstić information content (AvgIpc) is 3.21. The molecule has 0 aliphatic carbocycles. The smallest absolute Gasteiger partial charge is 0.222 e. The molecule has 0 aliphatic heterocycles. The van der Waals surface area contributed by atoms with E-state index in [1.807, 2.05) is 5.38 Å². The van der Waals surface area contributed by atoms with Crippen LogP contribution in [0.1, 0.15) is 22.8 Å². The van der Waals surface area contributed by atoms with Gasteiger partial charge in [-0.25, -0.2) is 9.97 Å². The maximum atomic E-state index is 13.2. The first-order valence-corrected chi connectivity index (χ1v) is 8.99. The van der Waals surface area contributed by atoms with E-state index in [-0.39, 0.29) is 40.1 Å². The first-order valence-electron chi connectivity index (χ1n) is 8.11. The van der Waals surface area contributed by atoms with Gasteiger partial charge in [-0.3, -0.25) is 9.59 Å². The van der Waals surface area contributed by atoms with E-state index in [0.29, 0.717) is 10.6 Å². The standard InChI is InChI=1S/C19H17N3O5S/c1-10(23)22-18-13(6-12(9-21-18)19-20-4-5-28-19)16(25)11-7-14(24)17(27-3)15(8-11)26-2/h4-9,24H,1-3H3,(H,21,22,23). The highest BCUT2D eigenvalue weighted by Gasteiger charge is 2.21. The van der Waals surface area contributed by atoms with Crippen molar-refractivity contribution in [3.63, 3.8) is 0 Å². The molecule has 1 aromatic carbocycles. The van der Waals surface area contributed by atoms with Crippen LogP contribution in [0.2, 0.25) is 0 Å². The van der Waals surface area contributed by atoms with Crippen molar-refractivity contribution >= 4 is 28.8 Å². The van der Waals surface area contributed by atoms with Crippen LogP contribution in [-0.4, -0.2) is 41.0 Å². The lowest BCUT2D eigenvalue weighted by atomic mass is 10.0. The maximum Gasteiger partial charge on any atom is 0.222 e. The number of benzene rings is 1. The zero-order chi connectivity index (χ0) is 20.3. The summed E-state index contributed by atoms with van der Waals surface area (Å²) in [5.41, 5.74) is 0.950. The number of rotatable bonds is 6. The van der Waals surface area contributed by atoms with Crippen molar-refractivity contribution in [3.8, 4) is 27.8 Å². The number of ether oxygens (including phenoxy) is 2. The second kappa shape index (κ2) is 8.05. The molecule has 0 saturated carbocycles. The molecule has 3 aromatic rings. The van der Waals surface area contributed by atoms with Crippen molar-refractivity contribution < 1.29 is 24.2 Å². The Morgan fingerprint density at radius 1 is 1.14 bits per heavy atom. The Labute approximate surface area is 164 Å². The molecule has 9 heteroatoms. The molecule has 0 fully saturated rings. The number of thiazole rings is 1. The number of ketones is 1. The van der Waals surface area contributed by atoms with Crippen LogP contribution in [0.15, 0.2) is 36.0 Å². The highest BCUT2D eigenvalue weighted by molar-refractivity contribution is 7.13. The van der Waals surface area contributed by atoms with Crippen molar-refractivity contribution in [2.45, 2.75) is 6.92 Å². The fourth-order valence-electron chi connectivity index (χ4n) is 2.62. The number of anilines is 1. The fraction of sp³-hybridized carbons (Fsp3) is 0.158. The lowest BCUT2D eigenvalue weighted by Gasteiger charge is -2.13. The molecule has 2 heterocycles. The van der Waals surface area contributed by atoms with Crippen LogP contribution in [-0.2, 0) is 4.79 Å². The van der Waals surface area contributed by atoms with Gasteiger partial charge in [0, 0.05) is 35.8 Å².